The lowest BCUT2D eigenvalue weighted by Crippen LogP contribution is -2.68. The van der Waals surface area contributed by atoms with Crippen molar-refractivity contribution >= 4 is 5.97 Å². The highest BCUT2D eigenvalue weighted by atomic mass is 16.7. The van der Waals surface area contributed by atoms with E-state index in [4.69, 9.17) is 18.9 Å². The van der Waals surface area contributed by atoms with Crippen LogP contribution < -0.4 is 0 Å². The van der Waals surface area contributed by atoms with Gasteiger partial charge < -0.3 is 44.5 Å². The quantitative estimate of drug-likeness (QED) is 0.146. The van der Waals surface area contributed by atoms with E-state index < -0.39 is 48.9 Å². The molecule has 7 rings (SSSR count). The van der Waals surface area contributed by atoms with Gasteiger partial charge in [0.15, 0.2) is 6.29 Å². The van der Waals surface area contributed by atoms with Crippen LogP contribution in [0.5, 0.6) is 0 Å². The van der Waals surface area contributed by atoms with Crippen LogP contribution in [0.1, 0.15) is 113 Å². The van der Waals surface area contributed by atoms with Crippen LogP contribution in [0.25, 0.3) is 0 Å². The van der Waals surface area contributed by atoms with Crippen molar-refractivity contribution in [1.82, 2.24) is 0 Å². The lowest BCUT2D eigenvalue weighted by Gasteiger charge is -2.69. The predicted octanol–water partition coefficient (Wildman–Crippen LogP) is 3.72. The molecule has 10 heteroatoms. The summed E-state index contributed by atoms with van der Waals surface area (Å²) in [5, 5.41) is 55.3. The zero-order valence-electron chi connectivity index (χ0n) is 30.4. The summed E-state index contributed by atoms with van der Waals surface area (Å²) in [5.41, 5.74) is -0.670. The molecular weight excluding hydrogens is 616 g/mol. The molecule has 7 aliphatic rings. The molecule has 0 spiro atoms. The number of epoxide rings is 1. The first kappa shape index (κ1) is 35.5. The van der Waals surface area contributed by atoms with E-state index in [9.17, 15) is 30.3 Å². The van der Waals surface area contributed by atoms with E-state index in [0.717, 1.165) is 51.4 Å². The summed E-state index contributed by atoms with van der Waals surface area (Å²) in [5.74, 6) is 0.803. The zero-order valence-corrected chi connectivity index (χ0v) is 30.4. The summed E-state index contributed by atoms with van der Waals surface area (Å²) in [6.07, 6.45) is 0.669. The Morgan fingerprint density at radius 1 is 0.917 bits per heavy atom. The van der Waals surface area contributed by atoms with Gasteiger partial charge >= 0.3 is 5.97 Å². The molecule has 0 bridgehead atoms. The minimum absolute atomic E-state index is 0.00472. The van der Waals surface area contributed by atoms with Crippen LogP contribution in [0.2, 0.25) is 0 Å². The molecule has 2 saturated heterocycles. The van der Waals surface area contributed by atoms with Crippen LogP contribution in [0.3, 0.4) is 0 Å². The first-order valence-electron chi connectivity index (χ1n) is 18.8. The Bertz CT molecular complexity index is 1270. The van der Waals surface area contributed by atoms with Gasteiger partial charge in [-0.05, 0) is 117 Å². The second-order valence-electron chi connectivity index (χ2n) is 19.0. The standard InChI is InChI=1S/C38H62O10/c1-19(15-22(40)31-34(5,6)48-31)21-9-14-38-18-37(21,38)13-10-24-35(7)12-11-26(41)33(3,4)25(35)16-27(36(24,38)8)47-32-30(44)29(43)28(42)23(46-32)17-45-20(2)39/h19,21-32,40-44H,9-18H2,1-8H3/t19-,21+,22?,23-,24-,25+,26-,27-,28-,29+,30-,31?,32+,35-,36+,37-,38-/m1/s1. The molecule has 0 amide bonds. The van der Waals surface area contributed by atoms with Gasteiger partial charge in [-0.25, -0.2) is 0 Å². The first-order valence-corrected chi connectivity index (χ1v) is 18.8. The highest BCUT2D eigenvalue weighted by Gasteiger charge is 2.85. The fourth-order valence-corrected chi connectivity index (χ4v) is 13.7. The van der Waals surface area contributed by atoms with Gasteiger partial charge in [0.2, 0.25) is 0 Å². The predicted molar refractivity (Wildman–Crippen MR) is 175 cm³/mol. The van der Waals surface area contributed by atoms with E-state index in [1.165, 1.54) is 6.92 Å². The molecule has 7 fully saturated rings. The molecule has 17 atom stereocenters. The van der Waals surface area contributed by atoms with Crippen LogP contribution in [0, 0.1) is 50.7 Å². The number of ether oxygens (including phenoxy) is 4. The van der Waals surface area contributed by atoms with Crippen LogP contribution in [0.15, 0.2) is 0 Å². The maximum absolute atomic E-state index is 11.6. The third-order valence-corrected chi connectivity index (χ3v) is 16.2. The summed E-state index contributed by atoms with van der Waals surface area (Å²) in [6.45, 7) is 16.7. The van der Waals surface area contributed by atoms with Crippen LogP contribution in [-0.4, -0.2) is 98.8 Å². The molecule has 2 heterocycles. The summed E-state index contributed by atoms with van der Waals surface area (Å²) < 4.78 is 24.1. The van der Waals surface area contributed by atoms with Crippen molar-refractivity contribution < 1.29 is 49.3 Å². The number of aliphatic hydroxyl groups is 5. The summed E-state index contributed by atoms with van der Waals surface area (Å²) in [7, 11) is 0. The van der Waals surface area contributed by atoms with E-state index in [1.807, 2.05) is 13.8 Å². The first-order chi connectivity index (χ1) is 22.3. The fourth-order valence-electron chi connectivity index (χ4n) is 13.7. The van der Waals surface area contributed by atoms with Gasteiger partial charge in [-0.15, -0.1) is 0 Å². The topological polar surface area (TPSA) is 158 Å². The molecule has 5 aliphatic carbocycles. The second-order valence-corrected chi connectivity index (χ2v) is 19.0. The average Bonchev–Trinajstić information content (AvgIpc) is 3.84. The molecule has 0 radical (unpaired) electrons. The minimum Gasteiger partial charge on any atom is -0.463 e. The van der Waals surface area contributed by atoms with Gasteiger partial charge in [0.1, 0.15) is 37.1 Å². The number of aliphatic hydroxyl groups excluding tert-OH is 5. The van der Waals surface area contributed by atoms with Crippen LogP contribution in [-0.2, 0) is 23.7 Å². The van der Waals surface area contributed by atoms with Crippen LogP contribution >= 0.6 is 0 Å². The molecule has 274 valence electrons. The van der Waals surface area contributed by atoms with Gasteiger partial charge in [0.05, 0.1) is 23.9 Å². The summed E-state index contributed by atoms with van der Waals surface area (Å²) in [6, 6.07) is 0. The lowest BCUT2D eigenvalue weighted by atomic mass is 9.37. The number of hydrogen-bond donors (Lipinski definition) is 5. The van der Waals surface area contributed by atoms with E-state index in [1.54, 1.807) is 0 Å². The van der Waals surface area contributed by atoms with Gasteiger partial charge in [-0.3, -0.25) is 4.79 Å². The molecule has 0 aromatic heterocycles. The number of esters is 1. The third kappa shape index (κ3) is 4.82. The van der Waals surface area contributed by atoms with Crippen molar-refractivity contribution in [3.8, 4) is 0 Å². The third-order valence-electron chi connectivity index (χ3n) is 16.2. The Labute approximate surface area is 286 Å². The second kappa shape index (κ2) is 11.3. The van der Waals surface area contributed by atoms with Crippen molar-refractivity contribution in [2.45, 2.75) is 174 Å². The van der Waals surface area contributed by atoms with Crippen molar-refractivity contribution in [2.75, 3.05) is 6.61 Å². The average molecular weight is 679 g/mol. The summed E-state index contributed by atoms with van der Waals surface area (Å²) in [4.78, 5) is 11.6. The normalized spacial score (nSPS) is 54.1. The van der Waals surface area contributed by atoms with E-state index >= 15 is 0 Å². The van der Waals surface area contributed by atoms with Crippen molar-refractivity contribution in [1.29, 1.82) is 0 Å². The highest BCUT2D eigenvalue weighted by Crippen LogP contribution is 2.91. The SMILES string of the molecule is CC(=O)OC[C@H]1O[C@@H](O[C@@H]2C[C@H]3C(C)(C)[C@H](O)CC[C@]3(C)[C@H]3CC[C@]45C[C@]4(CC[C@H]5[C@H](C)CC(O)C4OC4(C)C)[C@@]32C)[C@H](O)[C@@H](O)[C@@H]1O. The molecule has 10 nitrogen and oxygen atoms in total. The van der Waals surface area contributed by atoms with Gasteiger partial charge in [0.25, 0.3) is 0 Å². The van der Waals surface area contributed by atoms with E-state index in [2.05, 4.69) is 34.6 Å². The molecule has 48 heavy (non-hydrogen) atoms. The minimum atomic E-state index is -1.53. The number of rotatable bonds is 8. The molecule has 5 saturated carbocycles. The largest absolute Gasteiger partial charge is 0.463 e. The van der Waals surface area contributed by atoms with Gasteiger partial charge in [-0.1, -0.05) is 34.6 Å². The summed E-state index contributed by atoms with van der Waals surface area (Å²) >= 11 is 0. The molecule has 5 N–H and O–H groups in total. The molecule has 2 aliphatic heterocycles. The highest BCUT2D eigenvalue weighted by molar-refractivity contribution is 5.65. The van der Waals surface area contributed by atoms with Crippen molar-refractivity contribution in [2.24, 2.45) is 50.7 Å². The Morgan fingerprint density at radius 3 is 2.25 bits per heavy atom. The Hall–Kier alpha value is -0.850. The zero-order chi connectivity index (χ0) is 35.0. The monoisotopic (exact) mass is 678 g/mol. The van der Waals surface area contributed by atoms with Crippen molar-refractivity contribution in [3.63, 3.8) is 0 Å². The number of fused-ring (bicyclic) bond motifs is 3. The smallest absolute Gasteiger partial charge is 0.302 e. The maximum atomic E-state index is 11.6. The Morgan fingerprint density at radius 2 is 1.60 bits per heavy atom. The van der Waals surface area contributed by atoms with Crippen LogP contribution in [0.4, 0.5) is 0 Å². The van der Waals surface area contributed by atoms with Gasteiger partial charge in [0, 0.05) is 12.3 Å². The number of carbonyl (C=O) groups is 1. The van der Waals surface area contributed by atoms with E-state index in [0.29, 0.717) is 24.2 Å². The molecule has 0 aromatic carbocycles. The number of hydrogen-bond acceptors (Lipinski definition) is 10. The Kier molecular flexibility index (Phi) is 8.39. The van der Waals surface area contributed by atoms with E-state index in [-0.39, 0.29) is 57.4 Å². The van der Waals surface area contributed by atoms with Gasteiger partial charge in [-0.2, -0.15) is 0 Å². The maximum Gasteiger partial charge on any atom is 0.302 e. The molecule has 2 unspecified atom stereocenters. The molecular formula is C38H62O10. The van der Waals surface area contributed by atoms with Crippen molar-refractivity contribution in [3.05, 3.63) is 0 Å². The Balaban J connectivity index is 1.22. The number of carbonyl (C=O) groups excluding carboxylic acids is 1. The molecule has 0 aromatic rings. The lowest BCUT2D eigenvalue weighted by molar-refractivity contribution is -0.344. The fraction of sp³-hybridized carbons (Fsp3) is 0.974.